The van der Waals surface area contributed by atoms with Crippen molar-refractivity contribution in [2.24, 2.45) is 5.92 Å². The SMILES string of the molecule is CCC1CN(C(=O)c2cccc(OC)c2)CCC1O. The first kappa shape index (κ1) is 13.9. The van der Waals surface area contributed by atoms with Gasteiger partial charge in [-0.25, -0.2) is 0 Å². The number of ether oxygens (including phenoxy) is 1. The molecule has 1 N–H and O–H groups in total. The molecule has 2 rings (SSSR count). The molecule has 0 radical (unpaired) electrons. The largest absolute Gasteiger partial charge is 0.497 e. The Bertz CT molecular complexity index is 447. The second-order valence-corrected chi connectivity index (χ2v) is 5.01. The highest BCUT2D eigenvalue weighted by molar-refractivity contribution is 5.94. The van der Waals surface area contributed by atoms with Crippen LogP contribution in [0.15, 0.2) is 24.3 Å². The Kier molecular flexibility index (Phi) is 4.43. The Balaban J connectivity index is 2.10. The van der Waals surface area contributed by atoms with Gasteiger partial charge in [0.2, 0.25) is 0 Å². The van der Waals surface area contributed by atoms with Crippen LogP contribution < -0.4 is 4.74 Å². The summed E-state index contributed by atoms with van der Waals surface area (Å²) in [6, 6.07) is 7.21. The van der Waals surface area contributed by atoms with E-state index in [1.165, 1.54) is 0 Å². The zero-order valence-electron chi connectivity index (χ0n) is 11.5. The van der Waals surface area contributed by atoms with E-state index in [1.807, 2.05) is 24.0 Å². The number of hydrogen-bond donors (Lipinski definition) is 1. The lowest BCUT2D eigenvalue weighted by Gasteiger charge is -2.35. The Morgan fingerprint density at radius 1 is 1.53 bits per heavy atom. The van der Waals surface area contributed by atoms with Crippen molar-refractivity contribution in [3.8, 4) is 5.75 Å². The van der Waals surface area contributed by atoms with Gasteiger partial charge in [-0.05, 0) is 31.0 Å². The minimum atomic E-state index is -0.278. The van der Waals surface area contributed by atoms with Crippen molar-refractivity contribution in [2.45, 2.75) is 25.9 Å². The second-order valence-electron chi connectivity index (χ2n) is 5.01. The van der Waals surface area contributed by atoms with Crippen LogP contribution in [-0.2, 0) is 0 Å². The normalized spacial score (nSPS) is 23.2. The first-order valence-electron chi connectivity index (χ1n) is 6.77. The highest BCUT2D eigenvalue weighted by Gasteiger charge is 2.29. The summed E-state index contributed by atoms with van der Waals surface area (Å²) in [5.74, 6) is 0.891. The number of carbonyl (C=O) groups is 1. The summed E-state index contributed by atoms with van der Waals surface area (Å²) in [6.45, 7) is 3.30. The molecular formula is C15H21NO3. The first-order chi connectivity index (χ1) is 9.15. The molecule has 19 heavy (non-hydrogen) atoms. The standard InChI is InChI=1S/C15H21NO3/c1-3-11-10-16(8-7-14(11)17)15(18)12-5-4-6-13(9-12)19-2/h4-6,9,11,14,17H,3,7-8,10H2,1-2H3. The van der Waals surface area contributed by atoms with E-state index < -0.39 is 0 Å². The summed E-state index contributed by atoms with van der Waals surface area (Å²) in [5.41, 5.74) is 0.644. The Morgan fingerprint density at radius 3 is 3.00 bits per heavy atom. The highest BCUT2D eigenvalue weighted by Crippen LogP contribution is 2.22. The van der Waals surface area contributed by atoms with Crippen molar-refractivity contribution >= 4 is 5.91 Å². The maximum Gasteiger partial charge on any atom is 0.254 e. The number of aliphatic hydroxyl groups excluding tert-OH is 1. The van der Waals surface area contributed by atoms with E-state index in [2.05, 4.69) is 0 Å². The van der Waals surface area contributed by atoms with Crippen LogP contribution in [-0.4, -0.2) is 42.2 Å². The zero-order valence-corrected chi connectivity index (χ0v) is 11.5. The van der Waals surface area contributed by atoms with Crippen molar-refractivity contribution < 1.29 is 14.6 Å². The van der Waals surface area contributed by atoms with E-state index in [9.17, 15) is 9.90 Å². The summed E-state index contributed by atoms with van der Waals surface area (Å²) >= 11 is 0. The highest BCUT2D eigenvalue weighted by atomic mass is 16.5. The molecule has 4 heteroatoms. The molecule has 4 nitrogen and oxygen atoms in total. The first-order valence-corrected chi connectivity index (χ1v) is 6.77. The maximum absolute atomic E-state index is 12.4. The monoisotopic (exact) mass is 263 g/mol. The molecular weight excluding hydrogens is 242 g/mol. The molecule has 1 aromatic rings. The van der Waals surface area contributed by atoms with Gasteiger partial charge in [0, 0.05) is 24.6 Å². The van der Waals surface area contributed by atoms with E-state index in [4.69, 9.17) is 4.74 Å². The molecule has 0 spiro atoms. The van der Waals surface area contributed by atoms with Gasteiger partial charge < -0.3 is 14.7 Å². The minimum absolute atomic E-state index is 0.0178. The molecule has 1 fully saturated rings. The van der Waals surface area contributed by atoms with Gasteiger partial charge in [-0.15, -0.1) is 0 Å². The summed E-state index contributed by atoms with van der Waals surface area (Å²) in [4.78, 5) is 14.3. The lowest BCUT2D eigenvalue weighted by Crippen LogP contribution is -2.45. The summed E-state index contributed by atoms with van der Waals surface area (Å²) in [5, 5.41) is 9.86. The van der Waals surface area contributed by atoms with Crippen LogP contribution >= 0.6 is 0 Å². The summed E-state index contributed by atoms with van der Waals surface area (Å²) in [6.07, 6.45) is 1.27. The second kappa shape index (κ2) is 6.06. The smallest absolute Gasteiger partial charge is 0.254 e. The Morgan fingerprint density at radius 2 is 2.32 bits per heavy atom. The van der Waals surface area contributed by atoms with Crippen LogP contribution in [0.4, 0.5) is 0 Å². The van der Waals surface area contributed by atoms with Crippen molar-refractivity contribution in [3.63, 3.8) is 0 Å². The zero-order chi connectivity index (χ0) is 13.8. The fraction of sp³-hybridized carbons (Fsp3) is 0.533. The van der Waals surface area contributed by atoms with Gasteiger partial charge in [0.15, 0.2) is 0 Å². The Labute approximate surface area is 114 Å². The quantitative estimate of drug-likeness (QED) is 0.906. The van der Waals surface area contributed by atoms with Crippen LogP contribution in [0.2, 0.25) is 0 Å². The van der Waals surface area contributed by atoms with Crippen LogP contribution in [0.25, 0.3) is 0 Å². The van der Waals surface area contributed by atoms with Gasteiger partial charge in [0.25, 0.3) is 5.91 Å². The number of benzene rings is 1. The molecule has 0 saturated carbocycles. The molecule has 2 unspecified atom stereocenters. The maximum atomic E-state index is 12.4. The molecule has 1 aliphatic rings. The summed E-state index contributed by atoms with van der Waals surface area (Å²) in [7, 11) is 1.59. The topological polar surface area (TPSA) is 49.8 Å². The number of amides is 1. The van der Waals surface area contributed by atoms with Crippen molar-refractivity contribution in [2.75, 3.05) is 20.2 Å². The van der Waals surface area contributed by atoms with Gasteiger partial charge in [-0.1, -0.05) is 13.0 Å². The summed E-state index contributed by atoms with van der Waals surface area (Å²) < 4.78 is 5.14. The van der Waals surface area contributed by atoms with Crippen LogP contribution in [0.5, 0.6) is 5.75 Å². The average molecular weight is 263 g/mol. The third kappa shape index (κ3) is 3.07. The fourth-order valence-electron chi connectivity index (χ4n) is 2.54. The number of rotatable bonds is 3. The molecule has 0 bridgehead atoms. The lowest BCUT2D eigenvalue weighted by molar-refractivity contribution is 0.0229. The molecule has 1 aliphatic heterocycles. The van der Waals surface area contributed by atoms with E-state index >= 15 is 0 Å². The number of carbonyl (C=O) groups excluding carboxylic acids is 1. The molecule has 1 saturated heterocycles. The van der Waals surface area contributed by atoms with E-state index in [0.717, 1.165) is 6.42 Å². The molecule has 1 aromatic carbocycles. The minimum Gasteiger partial charge on any atom is -0.497 e. The van der Waals surface area contributed by atoms with E-state index in [-0.39, 0.29) is 17.9 Å². The van der Waals surface area contributed by atoms with Crippen molar-refractivity contribution in [1.29, 1.82) is 0 Å². The number of hydrogen-bond acceptors (Lipinski definition) is 3. The van der Waals surface area contributed by atoms with Gasteiger partial charge in [-0.2, -0.15) is 0 Å². The average Bonchev–Trinajstić information content (AvgIpc) is 2.47. The molecule has 1 amide bonds. The molecule has 0 aromatic heterocycles. The third-order valence-corrected chi connectivity index (χ3v) is 3.82. The number of piperidine rings is 1. The molecule has 0 aliphatic carbocycles. The molecule has 104 valence electrons. The van der Waals surface area contributed by atoms with Crippen LogP contribution in [0.1, 0.15) is 30.1 Å². The van der Waals surface area contributed by atoms with Crippen molar-refractivity contribution in [1.82, 2.24) is 4.90 Å². The van der Waals surface area contributed by atoms with Gasteiger partial charge in [-0.3, -0.25) is 4.79 Å². The van der Waals surface area contributed by atoms with E-state index in [0.29, 0.717) is 30.8 Å². The number of likely N-dealkylation sites (tertiary alicyclic amines) is 1. The van der Waals surface area contributed by atoms with Gasteiger partial charge in [0.1, 0.15) is 5.75 Å². The van der Waals surface area contributed by atoms with Gasteiger partial charge >= 0.3 is 0 Å². The Hall–Kier alpha value is -1.55. The third-order valence-electron chi connectivity index (χ3n) is 3.82. The van der Waals surface area contributed by atoms with Crippen molar-refractivity contribution in [3.05, 3.63) is 29.8 Å². The fourth-order valence-corrected chi connectivity index (χ4v) is 2.54. The number of aliphatic hydroxyl groups is 1. The number of methoxy groups -OCH3 is 1. The van der Waals surface area contributed by atoms with E-state index in [1.54, 1.807) is 19.2 Å². The molecule has 1 heterocycles. The predicted octanol–water partition coefficient (Wildman–Crippen LogP) is 1.93. The van der Waals surface area contributed by atoms with Gasteiger partial charge in [0.05, 0.1) is 13.2 Å². The van der Waals surface area contributed by atoms with Crippen LogP contribution in [0, 0.1) is 5.92 Å². The molecule has 2 atom stereocenters. The predicted molar refractivity (Wildman–Crippen MR) is 73.3 cm³/mol. The number of nitrogens with zero attached hydrogens (tertiary/aromatic N) is 1. The van der Waals surface area contributed by atoms with Crippen LogP contribution in [0.3, 0.4) is 0 Å². The lowest BCUT2D eigenvalue weighted by atomic mass is 9.92.